The lowest BCUT2D eigenvalue weighted by molar-refractivity contribution is -0.159. The van der Waals surface area contributed by atoms with Gasteiger partial charge in [0.2, 0.25) is 0 Å². The van der Waals surface area contributed by atoms with Gasteiger partial charge in [-0.1, -0.05) is 30.3 Å². The van der Waals surface area contributed by atoms with Crippen LogP contribution in [0.15, 0.2) is 36.4 Å². The van der Waals surface area contributed by atoms with E-state index < -0.39 is 11.4 Å². The van der Waals surface area contributed by atoms with E-state index in [4.69, 9.17) is 9.47 Å². The second kappa shape index (κ2) is 6.32. The molecule has 0 saturated carbocycles. The lowest BCUT2D eigenvalue weighted by Crippen LogP contribution is -2.46. The highest BCUT2D eigenvalue weighted by molar-refractivity contribution is 5.91. The van der Waals surface area contributed by atoms with E-state index in [1.807, 2.05) is 18.2 Å². The Morgan fingerprint density at radius 1 is 1.32 bits per heavy atom. The maximum atomic E-state index is 11.9. The number of carboxylic acids is 1. The van der Waals surface area contributed by atoms with Crippen LogP contribution in [0.3, 0.4) is 0 Å². The van der Waals surface area contributed by atoms with Crippen LogP contribution in [0.4, 0.5) is 0 Å². The van der Waals surface area contributed by atoms with Gasteiger partial charge in [-0.2, -0.15) is 0 Å². The highest BCUT2D eigenvalue weighted by Gasteiger charge is 2.53. The molecule has 2 fully saturated rings. The van der Waals surface area contributed by atoms with Gasteiger partial charge in [0.25, 0.3) is 0 Å². The minimum Gasteiger partial charge on any atom is -0.496 e. The van der Waals surface area contributed by atoms with Crippen LogP contribution in [-0.2, 0) is 16.1 Å². The highest BCUT2D eigenvalue weighted by Crippen LogP contribution is 2.42. The van der Waals surface area contributed by atoms with Crippen molar-refractivity contribution in [3.63, 3.8) is 0 Å². The monoisotopic (exact) mass is 341 g/mol. The molecule has 2 heterocycles. The number of likely N-dealkylation sites (tertiary alicyclic amines) is 1. The van der Waals surface area contributed by atoms with Crippen LogP contribution in [0.25, 0.3) is 10.8 Å². The van der Waals surface area contributed by atoms with Crippen molar-refractivity contribution in [1.82, 2.24) is 4.90 Å². The molecule has 4 rings (SSSR count). The minimum atomic E-state index is -0.749. The van der Waals surface area contributed by atoms with Crippen molar-refractivity contribution in [2.24, 2.45) is 11.3 Å². The molecule has 5 nitrogen and oxygen atoms in total. The summed E-state index contributed by atoms with van der Waals surface area (Å²) in [5, 5.41) is 12.1. The summed E-state index contributed by atoms with van der Waals surface area (Å²) in [6.45, 7) is 3.10. The Hall–Kier alpha value is -2.11. The fraction of sp³-hybridized carbons (Fsp3) is 0.450. The zero-order chi connectivity index (χ0) is 17.4. The van der Waals surface area contributed by atoms with Crippen molar-refractivity contribution in [2.75, 3.05) is 33.4 Å². The number of ether oxygens (including phenoxy) is 2. The molecule has 0 aromatic heterocycles. The molecule has 0 unspecified atom stereocenters. The van der Waals surface area contributed by atoms with Gasteiger partial charge in [0.15, 0.2) is 0 Å². The Labute approximate surface area is 147 Å². The van der Waals surface area contributed by atoms with Crippen molar-refractivity contribution in [1.29, 1.82) is 0 Å². The molecular weight excluding hydrogens is 318 g/mol. The average Bonchev–Trinajstić information content (AvgIpc) is 3.01. The maximum Gasteiger partial charge on any atom is 0.313 e. The molecule has 2 aromatic carbocycles. The zero-order valence-corrected chi connectivity index (χ0v) is 14.4. The Bertz CT molecular complexity index is 805. The lowest BCUT2D eigenvalue weighted by Gasteiger charge is -2.34. The van der Waals surface area contributed by atoms with Gasteiger partial charge in [-0.3, -0.25) is 9.69 Å². The zero-order valence-electron chi connectivity index (χ0n) is 14.4. The maximum absolute atomic E-state index is 11.9. The van der Waals surface area contributed by atoms with Crippen molar-refractivity contribution in [3.8, 4) is 5.75 Å². The summed E-state index contributed by atoms with van der Waals surface area (Å²) in [7, 11) is 1.68. The van der Waals surface area contributed by atoms with Crippen LogP contribution in [-0.4, -0.2) is 49.4 Å². The summed E-state index contributed by atoms with van der Waals surface area (Å²) in [5.74, 6) is 0.312. The fourth-order valence-corrected chi connectivity index (χ4v) is 4.41. The molecule has 2 saturated heterocycles. The smallest absolute Gasteiger partial charge is 0.313 e. The molecule has 2 aromatic rings. The molecule has 2 aliphatic rings. The second-order valence-corrected chi connectivity index (χ2v) is 7.14. The number of carbonyl (C=O) groups is 1. The highest BCUT2D eigenvalue weighted by atomic mass is 16.5. The van der Waals surface area contributed by atoms with Gasteiger partial charge in [0, 0.05) is 31.6 Å². The largest absolute Gasteiger partial charge is 0.496 e. The molecule has 2 aliphatic heterocycles. The van der Waals surface area contributed by atoms with E-state index in [0.29, 0.717) is 19.8 Å². The summed E-state index contributed by atoms with van der Waals surface area (Å²) < 4.78 is 11.0. The number of carboxylic acid groups (broad SMARTS) is 1. The number of aliphatic carboxylic acids is 1. The predicted molar refractivity (Wildman–Crippen MR) is 94.8 cm³/mol. The van der Waals surface area contributed by atoms with Crippen LogP contribution in [0.2, 0.25) is 0 Å². The van der Waals surface area contributed by atoms with Gasteiger partial charge >= 0.3 is 5.97 Å². The topological polar surface area (TPSA) is 59.0 Å². The van der Waals surface area contributed by atoms with E-state index in [2.05, 4.69) is 23.1 Å². The summed E-state index contributed by atoms with van der Waals surface area (Å²) in [6, 6.07) is 12.3. The number of rotatable bonds is 4. The van der Waals surface area contributed by atoms with E-state index in [1.54, 1.807) is 7.11 Å². The van der Waals surface area contributed by atoms with Crippen molar-refractivity contribution in [3.05, 3.63) is 42.0 Å². The quantitative estimate of drug-likeness (QED) is 0.927. The summed E-state index contributed by atoms with van der Waals surface area (Å²) in [6.07, 6.45) is 0.826. The average molecular weight is 341 g/mol. The van der Waals surface area contributed by atoms with Gasteiger partial charge in [-0.05, 0) is 29.4 Å². The first-order valence-corrected chi connectivity index (χ1v) is 8.72. The molecule has 0 bridgehead atoms. The van der Waals surface area contributed by atoms with E-state index >= 15 is 0 Å². The van der Waals surface area contributed by atoms with Gasteiger partial charge in [-0.15, -0.1) is 0 Å². The van der Waals surface area contributed by atoms with Crippen molar-refractivity contribution < 1.29 is 19.4 Å². The molecule has 0 amide bonds. The normalized spacial score (nSPS) is 26.5. The number of methoxy groups -OCH3 is 1. The van der Waals surface area contributed by atoms with Gasteiger partial charge < -0.3 is 14.6 Å². The number of nitrogens with zero attached hydrogens (tertiary/aromatic N) is 1. The van der Waals surface area contributed by atoms with Crippen LogP contribution < -0.4 is 4.74 Å². The first-order chi connectivity index (χ1) is 12.1. The van der Waals surface area contributed by atoms with Crippen molar-refractivity contribution in [2.45, 2.75) is 13.0 Å². The standard InChI is InChI=1S/C20H23NO4/c1-24-18-7-6-14(16-4-2-3-5-17(16)18)10-21-11-15-8-9-25-13-20(15,12-21)19(22)23/h2-7,15H,8-13H2,1H3,(H,22,23)/t15-,20+/m0/s1. The third kappa shape index (κ3) is 2.68. The Morgan fingerprint density at radius 3 is 2.84 bits per heavy atom. The van der Waals surface area contributed by atoms with E-state index in [-0.39, 0.29) is 5.92 Å². The molecular formula is C20H23NO4. The summed E-state index contributed by atoms with van der Waals surface area (Å²) >= 11 is 0. The number of benzene rings is 2. The van der Waals surface area contributed by atoms with E-state index in [1.165, 1.54) is 5.56 Å². The number of hydrogen-bond donors (Lipinski definition) is 1. The third-order valence-electron chi connectivity index (χ3n) is 5.75. The fourth-order valence-electron chi connectivity index (χ4n) is 4.41. The molecule has 25 heavy (non-hydrogen) atoms. The van der Waals surface area contributed by atoms with E-state index in [0.717, 1.165) is 36.0 Å². The second-order valence-electron chi connectivity index (χ2n) is 7.14. The summed E-state index contributed by atoms with van der Waals surface area (Å²) in [5.41, 5.74) is 0.456. The molecule has 0 spiro atoms. The molecule has 1 N–H and O–H groups in total. The molecule has 0 aliphatic carbocycles. The van der Waals surface area contributed by atoms with Crippen LogP contribution >= 0.6 is 0 Å². The first-order valence-electron chi connectivity index (χ1n) is 8.72. The predicted octanol–water partition coefficient (Wildman–Crippen LogP) is 2.77. The minimum absolute atomic E-state index is 0.170. The molecule has 132 valence electrons. The van der Waals surface area contributed by atoms with Crippen LogP contribution in [0, 0.1) is 11.3 Å². The summed E-state index contributed by atoms with van der Waals surface area (Å²) in [4.78, 5) is 14.2. The Morgan fingerprint density at radius 2 is 2.12 bits per heavy atom. The lowest BCUT2D eigenvalue weighted by atomic mass is 9.76. The van der Waals surface area contributed by atoms with Gasteiger partial charge in [0.1, 0.15) is 11.2 Å². The third-order valence-corrected chi connectivity index (χ3v) is 5.75. The van der Waals surface area contributed by atoms with E-state index in [9.17, 15) is 9.90 Å². The van der Waals surface area contributed by atoms with Crippen LogP contribution in [0.5, 0.6) is 5.75 Å². The Balaban J connectivity index is 1.63. The SMILES string of the molecule is COc1ccc(CN2C[C@@H]3CCOC[C@]3(C(=O)O)C2)c2ccccc12. The van der Waals surface area contributed by atoms with Crippen molar-refractivity contribution >= 4 is 16.7 Å². The molecule has 5 heteroatoms. The molecule has 2 atom stereocenters. The first kappa shape index (κ1) is 16.4. The van der Waals surface area contributed by atoms with Gasteiger partial charge in [0.05, 0.1) is 13.7 Å². The molecule has 0 radical (unpaired) electrons. The van der Waals surface area contributed by atoms with Gasteiger partial charge in [-0.25, -0.2) is 0 Å². The Kier molecular flexibility index (Phi) is 4.13. The van der Waals surface area contributed by atoms with Crippen LogP contribution in [0.1, 0.15) is 12.0 Å². The number of hydrogen-bond acceptors (Lipinski definition) is 4. The number of fused-ring (bicyclic) bond motifs is 2.